The van der Waals surface area contributed by atoms with Crippen LogP contribution in [-0.2, 0) is 4.79 Å². The van der Waals surface area contributed by atoms with Crippen molar-refractivity contribution in [1.82, 2.24) is 29.6 Å². The molecule has 0 radical (unpaired) electrons. The normalized spacial score (nSPS) is 15.3. The van der Waals surface area contributed by atoms with Gasteiger partial charge in [-0.1, -0.05) is 18.2 Å². The predicted molar refractivity (Wildman–Crippen MR) is 134 cm³/mol. The zero-order valence-corrected chi connectivity index (χ0v) is 20.1. The quantitative estimate of drug-likeness (QED) is 0.486. The first kappa shape index (κ1) is 22.1. The Hall–Kier alpha value is -3.75. The molecule has 0 saturated carbocycles. The predicted octanol–water partition coefficient (Wildman–Crippen LogP) is 3.80. The number of hydrogen-bond donors (Lipinski definition) is 1. The average Bonchev–Trinajstić information content (AvgIpc) is 3.28. The minimum atomic E-state index is -0.0139. The van der Waals surface area contributed by atoms with Crippen molar-refractivity contribution in [2.45, 2.75) is 39.8 Å². The SMILES string of the molecule is CC(=O)N1CCN(c2nc(NC(C)c3cnc4ccccc4c3)c3cnn(C(C)C)c3n2)CC1. The molecule has 1 atom stereocenters. The maximum Gasteiger partial charge on any atom is 0.229 e. The fraction of sp³-hybridized carbons (Fsp3) is 0.400. The molecule has 1 fully saturated rings. The summed E-state index contributed by atoms with van der Waals surface area (Å²) >= 11 is 0. The molecule has 1 N–H and O–H groups in total. The molecule has 176 valence electrons. The lowest BCUT2D eigenvalue weighted by Crippen LogP contribution is -2.48. The van der Waals surface area contributed by atoms with Crippen LogP contribution in [-0.4, -0.2) is 61.7 Å². The van der Waals surface area contributed by atoms with Crippen LogP contribution in [0, 0.1) is 0 Å². The number of carbonyl (C=O) groups excluding carboxylic acids is 1. The monoisotopic (exact) mass is 458 g/mol. The molecule has 3 aromatic heterocycles. The van der Waals surface area contributed by atoms with Gasteiger partial charge in [-0.15, -0.1) is 0 Å². The van der Waals surface area contributed by atoms with E-state index in [0.29, 0.717) is 32.1 Å². The summed E-state index contributed by atoms with van der Waals surface area (Å²) < 4.78 is 1.93. The second kappa shape index (κ2) is 8.89. The fourth-order valence-corrected chi connectivity index (χ4v) is 4.38. The van der Waals surface area contributed by atoms with Gasteiger partial charge >= 0.3 is 0 Å². The molecule has 5 rings (SSSR count). The van der Waals surface area contributed by atoms with Crippen LogP contribution in [0.25, 0.3) is 21.9 Å². The van der Waals surface area contributed by atoms with E-state index in [2.05, 4.69) is 53.2 Å². The molecule has 0 aliphatic carbocycles. The number of carbonyl (C=O) groups is 1. The third-order valence-electron chi connectivity index (χ3n) is 6.40. The summed E-state index contributed by atoms with van der Waals surface area (Å²) in [5.41, 5.74) is 2.87. The molecule has 1 unspecified atom stereocenters. The molecule has 1 aliphatic heterocycles. The number of fused-ring (bicyclic) bond motifs is 2. The van der Waals surface area contributed by atoms with Crippen LogP contribution in [0.4, 0.5) is 11.8 Å². The Bertz CT molecular complexity index is 1340. The maximum absolute atomic E-state index is 11.7. The largest absolute Gasteiger partial charge is 0.363 e. The molecule has 34 heavy (non-hydrogen) atoms. The summed E-state index contributed by atoms with van der Waals surface area (Å²) in [6, 6.07) is 10.4. The van der Waals surface area contributed by atoms with Gasteiger partial charge in [-0.25, -0.2) is 4.68 Å². The first-order valence-corrected chi connectivity index (χ1v) is 11.8. The zero-order valence-electron chi connectivity index (χ0n) is 20.1. The number of pyridine rings is 1. The van der Waals surface area contributed by atoms with Crippen molar-refractivity contribution >= 4 is 39.6 Å². The van der Waals surface area contributed by atoms with Crippen LogP contribution in [0.2, 0.25) is 0 Å². The summed E-state index contributed by atoms with van der Waals surface area (Å²) in [5, 5.41) is 10.2. The summed E-state index contributed by atoms with van der Waals surface area (Å²) in [7, 11) is 0. The topological polar surface area (TPSA) is 92.1 Å². The highest BCUT2D eigenvalue weighted by molar-refractivity contribution is 5.88. The second-order valence-corrected chi connectivity index (χ2v) is 9.11. The van der Waals surface area contributed by atoms with Crippen molar-refractivity contribution in [3.8, 4) is 0 Å². The summed E-state index contributed by atoms with van der Waals surface area (Å²) in [5.74, 6) is 1.51. The maximum atomic E-state index is 11.7. The standard InChI is InChI=1S/C25H30N8O/c1-16(2)33-24-21(15-27-33)23(29-25(30-24)32-11-9-31(10-12-32)18(4)34)28-17(3)20-13-19-7-5-6-8-22(19)26-14-20/h5-8,13-17H,9-12H2,1-4H3,(H,28,29,30). The average molecular weight is 459 g/mol. The van der Waals surface area contributed by atoms with Crippen LogP contribution in [0.5, 0.6) is 0 Å². The molecule has 9 nitrogen and oxygen atoms in total. The number of piperazine rings is 1. The van der Waals surface area contributed by atoms with Crippen LogP contribution >= 0.6 is 0 Å². The highest BCUT2D eigenvalue weighted by Gasteiger charge is 2.24. The molecule has 4 aromatic rings. The molecule has 4 heterocycles. The molecule has 9 heteroatoms. The van der Waals surface area contributed by atoms with Gasteiger partial charge in [-0.2, -0.15) is 15.1 Å². The van der Waals surface area contributed by atoms with Crippen molar-refractivity contribution in [3.05, 3.63) is 48.3 Å². The van der Waals surface area contributed by atoms with E-state index in [1.807, 2.05) is 40.2 Å². The summed E-state index contributed by atoms with van der Waals surface area (Å²) in [6.45, 7) is 10.6. The van der Waals surface area contributed by atoms with Crippen LogP contribution in [0.15, 0.2) is 42.7 Å². The zero-order chi connectivity index (χ0) is 23.8. The number of benzene rings is 1. The Morgan fingerprint density at radius 1 is 1.03 bits per heavy atom. The molecule has 1 amide bonds. The number of rotatable bonds is 5. The second-order valence-electron chi connectivity index (χ2n) is 9.11. The van der Waals surface area contributed by atoms with Gasteiger partial charge in [0.25, 0.3) is 0 Å². The smallest absolute Gasteiger partial charge is 0.229 e. The van der Waals surface area contributed by atoms with Crippen molar-refractivity contribution < 1.29 is 4.79 Å². The van der Waals surface area contributed by atoms with E-state index in [1.54, 1.807) is 6.92 Å². The number of anilines is 2. The first-order valence-electron chi connectivity index (χ1n) is 11.8. The number of para-hydroxylation sites is 1. The van der Waals surface area contributed by atoms with Gasteiger partial charge in [0.2, 0.25) is 11.9 Å². The van der Waals surface area contributed by atoms with Crippen LogP contribution in [0.3, 0.4) is 0 Å². The molecule has 0 bridgehead atoms. The number of hydrogen-bond acceptors (Lipinski definition) is 7. The van der Waals surface area contributed by atoms with E-state index in [9.17, 15) is 4.79 Å². The van der Waals surface area contributed by atoms with Crippen LogP contribution in [0.1, 0.15) is 45.3 Å². The number of aromatic nitrogens is 5. The van der Waals surface area contributed by atoms with Gasteiger partial charge in [0.1, 0.15) is 5.82 Å². The van der Waals surface area contributed by atoms with Gasteiger partial charge in [-0.3, -0.25) is 9.78 Å². The first-order chi connectivity index (χ1) is 16.4. The minimum Gasteiger partial charge on any atom is -0.363 e. The van der Waals surface area contributed by atoms with E-state index in [1.165, 1.54) is 0 Å². The molecule has 1 aliphatic rings. The lowest BCUT2D eigenvalue weighted by molar-refractivity contribution is -0.129. The lowest BCUT2D eigenvalue weighted by Gasteiger charge is -2.34. The molecular weight excluding hydrogens is 428 g/mol. The van der Waals surface area contributed by atoms with E-state index in [4.69, 9.17) is 9.97 Å². The Labute approximate surface area is 198 Å². The van der Waals surface area contributed by atoms with Gasteiger partial charge in [-0.05, 0) is 38.5 Å². The highest BCUT2D eigenvalue weighted by atomic mass is 16.2. The third kappa shape index (κ3) is 4.13. The van der Waals surface area contributed by atoms with Crippen LogP contribution < -0.4 is 10.2 Å². The van der Waals surface area contributed by atoms with Gasteiger partial charge in [0.05, 0.1) is 23.1 Å². The highest BCUT2D eigenvalue weighted by Crippen LogP contribution is 2.29. The van der Waals surface area contributed by atoms with E-state index in [0.717, 1.165) is 33.3 Å². The summed E-state index contributed by atoms with van der Waals surface area (Å²) in [4.78, 5) is 30.2. The van der Waals surface area contributed by atoms with Gasteiger partial charge in [0, 0.05) is 50.7 Å². The number of nitrogens with zero attached hydrogens (tertiary/aromatic N) is 7. The Morgan fingerprint density at radius 2 is 1.79 bits per heavy atom. The lowest BCUT2D eigenvalue weighted by atomic mass is 10.1. The van der Waals surface area contributed by atoms with Crippen molar-refractivity contribution in [2.75, 3.05) is 36.4 Å². The number of amides is 1. The Morgan fingerprint density at radius 3 is 2.53 bits per heavy atom. The Kier molecular flexibility index (Phi) is 5.77. The molecule has 1 saturated heterocycles. The molecular formula is C25H30N8O. The van der Waals surface area contributed by atoms with Gasteiger partial charge in [0.15, 0.2) is 5.65 Å². The van der Waals surface area contributed by atoms with E-state index >= 15 is 0 Å². The van der Waals surface area contributed by atoms with Crippen molar-refractivity contribution in [3.63, 3.8) is 0 Å². The van der Waals surface area contributed by atoms with Gasteiger partial charge < -0.3 is 15.1 Å². The number of nitrogens with one attached hydrogen (secondary N) is 1. The third-order valence-corrected chi connectivity index (χ3v) is 6.40. The molecule has 1 aromatic carbocycles. The van der Waals surface area contributed by atoms with E-state index < -0.39 is 0 Å². The molecule has 0 spiro atoms. The van der Waals surface area contributed by atoms with Crippen molar-refractivity contribution in [1.29, 1.82) is 0 Å². The minimum absolute atomic E-state index is 0.0139. The van der Waals surface area contributed by atoms with Crippen molar-refractivity contribution in [2.24, 2.45) is 0 Å². The fourth-order valence-electron chi connectivity index (χ4n) is 4.38. The summed E-state index contributed by atoms with van der Waals surface area (Å²) in [6.07, 6.45) is 3.75. The Balaban J connectivity index is 1.49. The van der Waals surface area contributed by atoms with E-state index in [-0.39, 0.29) is 18.0 Å².